The molecule has 1 rings (SSSR count). The molecule has 3 N–H and O–H groups in total. The van der Waals surface area contributed by atoms with Crippen molar-refractivity contribution in [1.29, 1.82) is 0 Å². The molecule has 0 aliphatic heterocycles. The van der Waals surface area contributed by atoms with Gasteiger partial charge >= 0.3 is 0 Å². The van der Waals surface area contributed by atoms with Crippen LogP contribution >= 0.6 is 0 Å². The van der Waals surface area contributed by atoms with Gasteiger partial charge in [0.2, 0.25) is 10.0 Å². The Labute approximate surface area is 126 Å². The van der Waals surface area contributed by atoms with Gasteiger partial charge < -0.3 is 11.1 Å². The van der Waals surface area contributed by atoms with Crippen molar-refractivity contribution in [2.24, 2.45) is 0 Å². The third-order valence-electron chi connectivity index (χ3n) is 2.76. The summed E-state index contributed by atoms with van der Waals surface area (Å²) >= 11 is 0. The molecule has 0 aliphatic rings. The molecule has 1 unspecified atom stereocenters. The Balaban J connectivity index is 3.00. The summed E-state index contributed by atoms with van der Waals surface area (Å²) in [5.74, 6) is -0.0375. The zero-order valence-electron chi connectivity index (χ0n) is 12.5. The van der Waals surface area contributed by atoms with E-state index in [-0.39, 0.29) is 22.4 Å². The number of sulfonamides is 1. The van der Waals surface area contributed by atoms with Gasteiger partial charge in [-0.05, 0) is 25.1 Å². The Morgan fingerprint density at radius 1 is 1.24 bits per heavy atom. The third kappa shape index (κ3) is 4.87. The Kier molecular flexibility index (Phi) is 5.24. The fourth-order valence-corrected chi connectivity index (χ4v) is 3.73. The number of benzene rings is 1. The minimum Gasteiger partial charge on any atom is -0.397 e. The first kappa shape index (κ1) is 17.7. The van der Waals surface area contributed by atoms with Crippen LogP contribution in [0, 0.1) is 0 Å². The van der Waals surface area contributed by atoms with Crippen molar-refractivity contribution in [3.63, 3.8) is 0 Å². The zero-order valence-corrected chi connectivity index (χ0v) is 14.1. The minimum atomic E-state index is -3.54. The van der Waals surface area contributed by atoms with E-state index in [9.17, 15) is 16.8 Å². The van der Waals surface area contributed by atoms with Crippen molar-refractivity contribution >= 4 is 31.2 Å². The normalized spacial score (nSPS) is 14.1. The van der Waals surface area contributed by atoms with Crippen LogP contribution in [0.2, 0.25) is 0 Å². The lowest BCUT2D eigenvalue weighted by atomic mass is 10.2. The van der Waals surface area contributed by atoms with Crippen LogP contribution in [0.15, 0.2) is 23.1 Å². The molecule has 0 bridgehead atoms. The summed E-state index contributed by atoms with van der Waals surface area (Å²) < 4.78 is 47.5. The molecular formula is C12H21N3O4S2. The van der Waals surface area contributed by atoms with Gasteiger partial charge in [-0.25, -0.2) is 21.1 Å². The van der Waals surface area contributed by atoms with E-state index in [1.807, 2.05) is 0 Å². The second-order valence-electron chi connectivity index (χ2n) is 5.17. The number of nitrogens with one attached hydrogen (secondary N) is 1. The highest BCUT2D eigenvalue weighted by molar-refractivity contribution is 7.90. The van der Waals surface area contributed by atoms with E-state index in [1.165, 1.54) is 32.3 Å². The van der Waals surface area contributed by atoms with E-state index in [4.69, 9.17) is 5.73 Å². The highest BCUT2D eigenvalue weighted by Crippen LogP contribution is 2.24. The van der Waals surface area contributed by atoms with Crippen molar-refractivity contribution < 1.29 is 16.8 Å². The van der Waals surface area contributed by atoms with Crippen LogP contribution in [0.5, 0.6) is 0 Å². The molecule has 0 radical (unpaired) electrons. The molecular weight excluding hydrogens is 314 g/mol. The molecule has 1 aromatic rings. The van der Waals surface area contributed by atoms with Crippen LogP contribution in [0.1, 0.15) is 6.92 Å². The average molecular weight is 335 g/mol. The first-order chi connectivity index (χ1) is 9.43. The molecule has 1 aromatic carbocycles. The van der Waals surface area contributed by atoms with Crippen LogP contribution in [-0.2, 0) is 19.9 Å². The maximum atomic E-state index is 12.0. The molecule has 1 atom stereocenters. The Morgan fingerprint density at radius 3 is 2.24 bits per heavy atom. The molecule has 0 aromatic heterocycles. The number of hydrogen-bond donors (Lipinski definition) is 2. The monoisotopic (exact) mass is 335 g/mol. The number of sulfone groups is 1. The molecule has 0 heterocycles. The summed E-state index contributed by atoms with van der Waals surface area (Å²) in [6.07, 6.45) is 1.15. The fourth-order valence-electron chi connectivity index (χ4n) is 1.80. The molecule has 0 spiro atoms. The topological polar surface area (TPSA) is 110 Å². The van der Waals surface area contributed by atoms with E-state index in [2.05, 4.69) is 5.32 Å². The number of hydrogen-bond acceptors (Lipinski definition) is 6. The summed E-state index contributed by atoms with van der Waals surface area (Å²) in [5.41, 5.74) is 6.59. The van der Waals surface area contributed by atoms with Crippen molar-refractivity contribution in [2.75, 3.05) is 37.2 Å². The predicted molar refractivity (Wildman–Crippen MR) is 84.5 cm³/mol. The lowest BCUT2D eigenvalue weighted by Gasteiger charge is -2.17. The van der Waals surface area contributed by atoms with E-state index >= 15 is 0 Å². The van der Waals surface area contributed by atoms with E-state index in [0.29, 0.717) is 5.69 Å². The van der Waals surface area contributed by atoms with Gasteiger partial charge in [0, 0.05) is 26.4 Å². The lowest BCUT2D eigenvalue weighted by molar-refractivity contribution is 0.521. The second-order valence-corrected chi connectivity index (χ2v) is 9.51. The highest BCUT2D eigenvalue weighted by atomic mass is 32.2. The van der Waals surface area contributed by atoms with Crippen LogP contribution in [-0.4, -0.2) is 53.3 Å². The predicted octanol–water partition coefficient (Wildman–Crippen LogP) is 0.364. The van der Waals surface area contributed by atoms with Gasteiger partial charge in [-0.1, -0.05) is 0 Å². The molecule has 21 heavy (non-hydrogen) atoms. The quantitative estimate of drug-likeness (QED) is 0.727. The Hall–Kier alpha value is -1.32. The van der Waals surface area contributed by atoms with Gasteiger partial charge in [0.15, 0.2) is 0 Å². The smallest absolute Gasteiger partial charge is 0.242 e. The van der Waals surface area contributed by atoms with Crippen molar-refractivity contribution in [2.45, 2.75) is 17.9 Å². The zero-order chi connectivity index (χ0) is 16.4. The molecule has 9 heteroatoms. The molecule has 0 saturated carbocycles. The van der Waals surface area contributed by atoms with Gasteiger partial charge in [-0.3, -0.25) is 0 Å². The lowest BCUT2D eigenvalue weighted by Crippen LogP contribution is -2.26. The van der Waals surface area contributed by atoms with Gasteiger partial charge in [-0.15, -0.1) is 0 Å². The highest BCUT2D eigenvalue weighted by Gasteiger charge is 2.19. The van der Waals surface area contributed by atoms with E-state index < -0.39 is 19.9 Å². The van der Waals surface area contributed by atoms with Crippen molar-refractivity contribution in [1.82, 2.24) is 4.31 Å². The second kappa shape index (κ2) is 6.20. The fraction of sp³-hybridized carbons (Fsp3) is 0.500. The van der Waals surface area contributed by atoms with Crippen LogP contribution in [0.3, 0.4) is 0 Å². The molecule has 0 aliphatic carbocycles. The van der Waals surface area contributed by atoms with Gasteiger partial charge in [0.25, 0.3) is 0 Å². The molecule has 0 fully saturated rings. The molecule has 0 saturated heterocycles. The Morgan fingerprint density at radius 2 is 1.81 bits per heavy atom. The largest absolute Gasteiger partial charge is 0.397 e. The summed E-state index contributed by atoms with van der Waals surface area (Å²) in [5, 5.41) is 2.96. The van der Waals surface area contributed by atoms with Gasteiger partial charge in [0.05, 0.1) is 22.0 Å². The number of nitrogen functional groups attached to an aromatic ring is 1. The number of rotatable bonds is 6. The molecule has 120 valence electrons. The first-order valence-corrected chi connectivity index (χ1v) is 9.70. The summed E-state index contributed by atoms with van der Waals surface area (Å²) in [6.45, 7) is 1.71. The van der Waals surface area contributed by atoms with Crippen LogP contribution < -0.4 is 11.1 Å². The van der Waals surface area contributed by atoms with Crippen LogP contribution in [0.25, 0.3) is 0 Å². The van der Waals surface area contributed by atoms with E-state index in [1.54, 1.807) is 6.92 Å². The number of anilines is 2. The van der Waals surface area contributed by atoms with Gasteiger partial charge in [0.1, 0.15) is 9.84 Å². The number of nitrogens with zero attached hydrogens (tertiary/aromatic N) is 1. The third-order valence-corrected chi connectivity index (χ3v) is 5.67. The summed E-state index contributed by atoms with van der Waals surface area (Å²) in [7, 11) is -3.78. The van der Waals surface area contributed by atoms with Crippen molar-refractivity contribution in [3.05, 3.63) is 18.2 Å². The van der Waals surface area contributed by atoms with E-state index in [0.717, 1.165) is 10.6 Å². The summed E-state index contributed by atoms with van der Waals surface area (Å²) in [6, 6.07) is 3.98. The Bertz CT molecular complexity index is 712. The maximum Gasteiger partial charge on any atom is 0.242 e. The molecule has 7 nitrogen and oxygen atoms in total. The first-order valence-electron chi connectivity index (χ1n) is 6.20. The van der Waals surface area contributed by atoms with Crippen LogP contribution in [0.4, 0.5) is 11.4 Å². The van der Waals surface area contributed by atoms with Gasteiger partial charge in [-0.2, -0.15) is 0 Å². The number of nitrogens with two attached hydrogens (primary N) is 1. The summed E-state index contributed by atoms with van der Waals surface area (Å²) in [4.78, 5) is 0.0892. The average Bonchev–Trinajstić information content (AvgIpc) is 2.28. The SMILES string of the molecule is CC(CS(C)(=O)=O)Nc1ccc(S(=O)(=O)N(C)C)cc1N. The molecule has 0 amide bonds. The standard InChI is InChI=1S/C12H21N3O4S2/c1-9(8-20(4,16)17)14-12-6-5-10(7-11(12)13)21(18,19)15(2)3/h5-7,9,14H,8,13H2,1-4H3. The van der Waals surface area contributed by atoms with Crippen molar-refractivity contribution in [3.8, 4) is 0 Å². The minimum absolute atomic E-state index is 0.0375. The maximum absolute atomic E-state index is 12.0.